The molecule has 4 N–H and O–H groups in total. The van der Waals surface area contributed by atoms with Crippen LogP contribution in [-0.4, -0.2) is 33.5 Å². The summed E-state index contributed by atoms with van der Waals surface area (Å²) < 4.78 is 0. The molecule has 0 bridgehead atoms. The normalized spacial score (nSPS) is 13.3. The molecule has 0 amide bonds. The van der Waals surface area contributed by atoms with E-state index in [2.05, 4.69) is 6.92 Å². The zero-order valence-corrected chi connectivity index (χ0v) is 17.0. The third kappa shape index (κ3) is 12.6. The number of aliphatic carboxylic acids is 2. The number of hydrogen-bond donors (Lipinski definition) is 3. The fourth-order valence-electron chi connectivity index (χ4n) is 3.20. The summed E-state index contributed by atoms with van der Waals surface area (Å²) in [4.78, 5) is 34.0. The molecular weight excluding hydrogens is 346 g/mol. The summed E-state index contributed by atoms with van der Waals surface area (Å²) in [7, 11) is 0. The van der Waals surface area contributed by atoms with Crippen LogP contribution in [0.25, 0.3) is 0 Å². The number of rotatable bonds is 19. The predicted molar refractivity (Wildman–Crippen MR) is 107 cm³/mol. The first-order valence-corrected chi connectivity index (χ1v) is 10.6. The average Bonchev–Trinajstić information content (AvgIpc) is 2.63. The lowest BCUT2D eigenvalue weighted by atomic mass is 9.87. The molecule has 27 heavy (non-hydrogen) atoms. The predicted octanol–water partition coefficient (Wildman–Crippen LogP) is 4.68. The molecule has 6 nitrogen and oxygen atoms in total. The molecule has 0 spiro atoms. The highest BCUT2D eigenvalue weighted by Crippen LogP contribution is 2.17. The van der Waals surface area contributed by atoms with E-state index in [0.717, 1.165) is 19.3 Å². The first kappa shape index (κ1) is 25.6. The highest BCUT2D eigenvalue weighted by Gasteiger charge is 2.41. The monoisotopic (exact) mass is 385 g/mol. The molecule has 0 unspecified atom stereocenters. The Morgan fingerprint density at radius 2 is 1.11 bits per heavy atom. The summed E-state index contributed by atoms with van der Waals surface area (Å²) in [6, 6.07) is 0. The van der Waals surface area contributed by atoms with Crippen LogP contribution in [0.1, 0.15) is 110 Å². The first-order valence-electron chi connectivity index (χ1n) is 10.6. The van der Waals surface area contributed by atoms with Crippen molar-refractivity contribution in [3.63, 3.8) is 0 Å². The molecule has 0 aliphatic rings. The summed E-state index contributed by atoms with van der Waals surface area (Å²) in [5.74, 6) is -3.16. The van der Waals surface area contributed by atoms with Crippen LogP contribution in [0.5, 0.6) is 0 Å². The molecule has 0 radical (unpaired) electrons. The third-order valence-electron chi connectivity index (χ3n) is 5.12. The van der Waals surface area contributed by atoms with E-state index >= 15 is 0 Å². The lowest BCUT2D eigenvalue weighted by molar-refractivity contribution is -0.149. The number of carboxylic acid groups (broad SMARTS) is 2. The third-order valence-corrected chi connectivity index (χ3v) is 5.12. The fourth-order valence-corrected chi connectivity index (χ4v) is 3.20. The van der Waals surface area contributed by atoms with Gasteiger partial charge in [-0.05, 0) is 12.8 Å². The number of nitrogens with two attached hydrogens (primary N) is 1. The maximum absolute atomic E-state index is 12.1. The average molecular weight is 386 g/mol. The number of unbranched alkanes of at least 4 members (excludes halogenated alkanes) is 12. The Bertz CT molecular complexity index is 438. The zero-order chi connectivity index (χ0) is 20.5. The maximum atomic E-state index is 12.1. The highest BCUT2D eigenvalue weighted by atomic mass is 16.4. The maximum Gasteiger partial charge on any atom is 0.331 e. The van der Waals surface area contributed by atoms with Gasteiger partial charge in [0.15, 0.2) is 11.3 Å². The Hall–Kier alpha value is -1.43. The van der Waals surface area contributed by atoms with Gasteiger partial charge in [-0.2, -0.15) is 0 Å². The van der Waals surface area contributed by atoms with E-state index in [1.807, 2.05) is 0 Å². The van der Waals surface area contributed by atoms with Crippen LogP contribution in [0.4, 0.5) is 0 Å². The van der Waals surface area contributed by atoms with Crippen LogP contribution in [-0.2, 0) is 14.4 Å². The molecule has 0 aromatic rings. The topological polar surface area (TPSA) is 118 Å². The second-order valence-corrected chi connectivity index (χ2v) is 7.59. The quantitative estimate of drug-likeness (QED) is 0.219. The van der Waals surface area contributed by atoms with Gasteiger partial charge in [0.05, 0.1) is 0 Å². The Morgan fingerprint density at radius 3 is 1.48 bits per heavy atom. The number of ketones is 1. The van der Waals surface area contributed by atoms with Crippen molar-refractivity contribution < 1.29 is 24.6 Å². The van der Waals surface area contributed by atoms with Crippen LogP contribution < -0.4 is 5.73 Å². The Morgan fingerprint density at radius 1 is 0.704 bits per heavy atom. The van der Waals surface area contributed by atoms with Gasteiger partial charge in [0.1, 0.15) is 0 Å². The van der Waals surface area contributed by atoms with Crippen molar-refractivity contribution in [3.8, 4) is 0 Å². The van der Waals surface area contributed by atoms with E-state index < -0.39 is 29.7 Å². The molecular formula is C21H39NO5. The van der Waals surface area contributed by atoms with Crippen molar-refractivity contribution in [2.45, 2.75) is 115 Å². The number of carbonyl (C=O) groups excluding carboxylic acids is 1. The van der Waals surface area contributed by atoms with E-state index in [-0.39, 0.29) is 12.8 Å². The van der Waals surface area contributed by atoms with E-state index in [1.165, 1.54) is 57.8 Å². The van der Waals surface area contributed by atoms with Gasteiger partial charge in [0.25, 0.3) is 0 Å². The van der Waals surface area contributed by atoms with Gasteiger partial charge in [-0.15, -0.1) is 0 Å². The molecule has 6 heteroatoms. The minimum Gasteiger partial charge on any atom is -0.481 e. The Kier molecular flexibility index (Phi) is 14.8. The molecule has 0 aliphatic carbocycles. The van der Waals surface area contributed by atoms with Gasteiger partial charge >= 0.3 is 11.9 Å². The summed E-state index contributed by atoms with van der Waals surface area (Å²) in [6.07, 6.45) is 14.7. The standard InChI is InChI=1S/C21H39NO5/c1-2-3-4-5-6-7-8-9-10-11-12-13-14-15-18(23)21(22,20(26)27)17-16-19(24)25/h2-17,22H2,1H3,(H,24,25)(H,26,27)/t21-/m0/s1. The molecule has 1 atom stereocenters. The van der Waals surface area contributed by atoms with Crippen molar-refractivity contribution >= 4 is 17.7 Å². The summed E-state index contributed by atoms with van der Waals surface area (Å²) >= 11 is 0. The lowest BCUT2D eigenvalue weighted by Gasteiger charge is -2.22. The zero-order valence-electron chi connectivity index (χ0n) is 17.0. The van der Waals surface area contributed by atoms with Crippen LogP contribution in [0.15, 0.2) is 0 Å². The van der Waals surface area contributed by atoms with Gasteiger partial charge in [-0.1, -0.05) is 84.0 Å². The van der Waals surface area contributed by atoms with Crippen molar-refractivity contribution in [2.24, 2.45) is 5.73 Å². The van der Waals surface area contributed by atoms with Gasteiger partial charge in [-0.25, -0.2) is 4.79 Å². The summed E-state index contributed by atoms with van der Waals surface area (Å²) in [5.41, 5.74) is 3.59. The SMILES string of the molecule is CCCCCCCCCCCCCCCC(=O)[C@@](N)(CCC(=O)O)C(=O)O. The van der Waals surface area contributed by atoms with E-state index in [9.17, 15) is 19.5 Å². The Balaban J connectivity index is 3.71. The molecule has 0 fully saturated rings. The van der Waals surface area contributed by atoms with Crippen LogP contribution in [0.3, 0.4) is 0 Å². The van der Waals surface area contributed by atoms with Gasteiger partial charge < -0.3 is 15.9 Å². The molecule has 0 heterocycles. The second kappa shape index (κ2) is 15.6. The lowest BCUT2D eigenvalue weighted by Crippen LogP contribution is -2.55. The van der Waals surface area contributed by atoms with E-state index in [4.69, 9.17) is 10.8 Å². The molecule has 0 saturated heterocycles. The highest BCUT2D eigenvalue weighted by molar-refractivity contribution is 6.07. The number of hydrogen-bond acceptors (Lipinski definition) is 4. The molecule has 158 valence electrons. The summed E-state index contributed by atoms with van der Waals surface area (Å²) in [6.45, 7) is 2.23. The minimum absolute atomic E-state index is 0.0974. The molecule has 0 aromatic carbocycles. The number of Topliss-reactive ketones (excluding diaryl/α,β-unsaturated/α-hetero) is 1. The van der Waals surface area contributed by atoms with Gasteiger partial charge in [0.2, 0.25) is 0 Å². The van der Waals surface area contributed by atoms with Crippen molar-refractivity contribution in [2.75, 3.05) is 0 Å². The molecule has 0 saturated carbocycles. The molecule has 0 aliphatic heterocycles. The van der Waals surface area contributed by atoms with Crippen LogP contribution in [0.2, 0.25) is 0 Å². The largest absolute Gasteiger partial charge is 0.481 e. The number of carboxylic acids is 2. The van der Waals surface area contributed by atoms with Crippen LogP contribution >= 0.6 is 0 Å². The number of carbonyl (C=O) groups is 3. The van der Waals surface area contributed by atoms with Gasteiger partial charge in [-0.3, -0.25) is 9.59 Å². The fraction of sp³-hybridized carbons (Fsp3) is 0.857. The van der Waals surface area contributed by atoms with Crippen molar-refractivity contribution in [1.82, 2.24) is 0 Å². The molecule has 0 rings (SSSR count). The second-order valence-electron chi connectivity index (χ2n) is 7.59. The van der Waals surface area contributed by atoms with Gasteiger partial charge in [0, 0.05) is 12.8 Å². The van der Waals surface area contributed by atoms with E-state index in [1.54, 1.807) is 0 Å². The van der Waals surface area contributed by atoms with E-state index in [0.29, 0.717) is 6.42 Å². The Labute approximate surface area is 163 Å². The first-order chi connectivity index (χ1) is 12.8. The van der Waals surface area contributed by atoms with Crippen LogP contribution in [0, 0.1) is 0 Å². The smallest absolute Gasteiger partial charge is 0.331 e. The van der Waals surface area contributed by atoms with Crippen molar-refractivity contribution in [1.29, 1.82) is 0 Å². The molecule has 0 aromatic heterocycles. The minimum atomic E-state index is -2.07. The van der Waals surface area contributed by atoms with Crippen molar-refractivity contribution in [3.05, 3.63) is 0 Å². The summed E-state index contributed by atoms with van der Waals surface area (Å²) in [5, 5.41) is 17.9.